The number of piperazine rings is 1. The van der Waals surface area contributed by atoms with E-state index in [0.717, 1.165) is 44.1 Å². The molecule has 0 amide bonds. The molecule has 0 aromatic heterocycles. The van der Waals surface area contributed by atoms with Crippen molar-refractivity contribution in [2.24, 2.45) is 0 Å². The summed E-state index contributed by atoms with van der Waals surface area (Å²) in [6, 6.07) is 6.72. The van der Waals surface area contributed by atoms with Crippen molar-refractivity contribution in [3.63, 3.8) is 0 Å². The molecule has 0 unspecified atom stereocenters. The molecule has 19 heavy (non-hydrogen) atoms. The summed E-state index contributed by atoms with van der Waals surface area (Å²) in [5, 5.41) is 3.40. The van der Waals surface area contributed by atoms with Crippen molar-refractivity contribution in [2.45, 2.75) is 19.4 Å². The van der Waals surface area contributed by atoms with E-state index in [0.29, 0.717) is 6.04 Å². The van der Waals surface area contributed by atoms with Gasteiger partial charge in [-0.2, -0.15) is 0 Å². The Bertz CT molecular complexity index is 403. The highest BCUT2D eigenvalue weighted by Crippen LogP contribution is 2.33. The smallest absolute Gasteiger partial charge is 0.161 e. The molecule has 0 aliphatic carbocycles. The van der Waals surface area contributed by atoms with E-state index in [-0.39, 0.29) is 0 Å². The Kier molecular flexibility index (Phi) is 5.05. The number of nitrogens with zero attached hydrogens (tertiary/aromatic N) is 1. The van der Waals surface area contributed by atoms with Gasteiger partial charge >= 0.3 is 0 Å². The molecule has 1 aliphatic rings. The SMILES string of the molecule is CC[C@H](c1ccc(OC)c(OC)c1)N1CCNCC1. The topological polar surface area (TPSA) is 33.7 Å². The lowest BCUT2D eigenvalue weighted by Crippen LogP contribution is -2.45. The van der Waals surface area contributed by atoms with Crippen molar-refractivity contribution >= 4 is 0 Å². The molecular weight excluding hydrogens is 240 g/mol. The number of ether oxygens (including phenoxy) is 2. The van der Waals surface area contributed by atoms with Crippen molar-refractivity contribution in [1.29, 1.82) is 0 Å². The summed E-state index contributed by atoms with van der Waals surface area (Å²) in [5.41, 5.74) is 1.31. The second-order valence-electron chi connectivity index (χ2n) is 4.82. The highest BCUT2D eigenvalue weighted by Gasteiger charge is 2.21. The number of nitrogens with one attached hydrogen (secondary N) is 1. The molecule has 0 spiro atoms. The van der Waals surface area contributed by atoms with Gasteiger partial charge in [-0.25, -0.2) is 0 Å². The standard InChI is InChI=1S/C15H24N2O2/c1-4-13(17-9-7-16-8-10-17)12-5-6-14(18-2)15(11-12)19-3/h5-6,11,13,16H,4,7-10H2,1-3H3/t13-/m1/s1. The first-order valence-electron chi connectivity index (χ1n) is 6.96. The van der Waals surface area contributed by atoms with Crippen LogP contribution in [-0.2, 0) is 0 Å². The Hall–Kier alpha value is -1.26. The van der Waals surface area contributed by atoms with Gasteiger partial charge in [-0.1, -0.05) is 13.0 Å². The zero-order chi connectivity index (χ0) is 13.7. The summed E-state index contributed by atoms with van der Waals surface area (Å²) in [6.07, 6.45) is 1.11. The molecule has 1 heterocycles. The number of benzene rings is 1. The Morgan fingerprint density at radius 1 is 1.16 bits per heavy atom. The van der Waals surface area contributed by atoms with Crippen LogP contribution in [0.1, 0.15) is 24.9 Å². The first kappa shape index (κ1) is 14.2. The zero-order valence-corrected chi connectivity index (χ0v) is 12.1. The van der Waals surface area contributed by atoms with Crippen LogP contribution in [0.4, 0.5) is 0 Å². The molecule has 4 nitrogen and oxygen atoms in total. The van der Waals surface area contributed by atoms with Gasteiger partial charge in [0.05, 0.1) is 14.2 Å². The highest BCUT2D eigenvalue weighted by molar-refractivity contribution is 5.43. The molecule has 4 heteroatoms. The van der Waals surface area contributed by atoms with Crippen LogP contribution >= 0.6 is 0 Å². The zero-order valence-electron chi connectivity index (χ0n) is 12.1. The van der Waals surface area contributed by atoms with Crippen LogP contribution in [0.15, 0.2) is 18.2 Å². The lowest BCUT2D eigenvalue weighted by molar-refractivity contribution is 0.169. The molecule has 1 aromatic rings. The maximum absolute atomic E-state index is 5.40. The molecular formula is C15H24N2O2. The highest BCUT2D eigenvalue weighted by atomic mass is 16.5. The first-order chi connectivity index (χ1) is 9.30. The fourth-order valence-electron chi connectivity index (χ4n) is 2.76. The third-order valence-corrected chi connectivity index (χ3v) is 3.77. The Morgan fingerprint density at radius 2 is 1.84 bits per heavy atom. The quantitative estimate of drug-likeness (QED) is 0.882. The Morgan fingerprint density at radius 3 is 2.42 bits per heavy atom. The monoisotopic (exact) mass is 264 g/mol. The molecule has 0 saturated carbocycles. The van der Waals surface area contributed by atoms with Crippen LogP contribution in [-0.4, -0.2) is 45.3 Å². The van der Waals surface area contributed by atoms with E-state index in [1.165, 1.54) is 5.56 Å². The second kappa shape index (κ2) is 6.78. The Balaban J connectivity index is 2.22. The molecule has 1 saturated heterocycles. The third-order valence-electron chi connectivity index (χ3n) is 3.77. The van der Waals surface area contributed by atoms with Crippen molar-refractivity contribution < 1.29 is 9.47 Å². The maximum Gasteiger partial charge on any atom is 0.161 e. The second-order valence-corrected chi connectivity index (χ2v) is 4.82. The molecule has 1 aromatic carbocycles. The molecule has 0 radical (unpaired) electrons. The van der Waals surface area contributed by atoms with Crippen LogP contribution in [0.25, 0.3) is 0 Å². The predicted octanol–water partition coefficient (Wildman–Crippen LogP) is 2.06. The van der Waals surface area contributed by atoms with Crippen LogP contribution in [0, 0.1) is 0 Å². The minimum absolute atomic E-state index is 0.460. The number of methoxy groups -OCH3 is 2. The number of hydrogen-bond donors (Lipinski definition) is 1. The van der Waals surface area contributed by atoms with E-state index in [1.807, 2.05) is 6.07 Å². The molecule has 106 valence electrons. The summed E-state index contributed by atoms with van der Waals surface area (Å²) in [6.45, 7) is 6.59. The van der Waals surface area contributed by atoms with Gasteiger partial charge in [0.15, 0.2) is 11.5 Å². The molecule has 1 aliphatic heterocycles. The van der Waals surface area contributed by atoms with Gasteiger partial charge in [-0.05, 0) is 24.1 Å². The van der Waals surface area contributed by atoms with Gasteiger partial charge in [-0.15, -0.1) is 0 Å². The van der Waals surface area contributed by atoms with E-state index in [1.54, 1.807) is 14.2 Å². The van der Waals surface area contributed by atoms with E-state index in [4.69, 9.17) is 9.47 Å². The van der Waals surface area contributed by atoms with Gasteiger partial charge in [-0.3, -0.25) is 4.90 Å². The van der Waals surface area contributed by atoms with Crippen LogP contribution in [0.5, 0.6) is 11.5 Å². The summed E-state index contributed by atoms with van der Waals surface area (Å²) >= 11 is 0. The maximum atomic E-state index is 5.40. The molecule has 0 bridgehead atoms. The molecule has 1 atom stereocenters. The van der Waals surface area contributed by atoms with Crippen molar-refractivity contribution in [3.05, 3.63) is 23.8 Å². The van der Waals surface area contributed by atoms with Gasteiger partial charge in [0.1, 0.15) is 0 Å². The third kappa shape index (κ3) is 3.19. The van der Waals surface area contributed by atoms with Crippen LogP contribution in [0.3, 0.4) is 0 Å². The fourth-order valence-corrected chi connectivity index (χ4v) is 2.76. The Labute approximate surface area is 115 Å². The fraction of sp³-hybridized carbons (Fsp3) is 0.600. The van der Waals surface area contributed by atoms with Gasteiger partial charge in [0.25, 0.3) is 0 Å². The van der Waals surface area contributed by atoms with Crippen molar-refractivity contribution in [1.82, 2.24) is 10.2 Å². The normalized spacial score (nSPS) is 18.1. The average Bonchev–Trinajstić information content (AvgIpc) is 2.49. The number of hydrogen-bond acceptors (Lipinski definition) is 4. The van der Waals surface area contributed by atoms with Gasteiger partial charge < -0.3 is 14.8 Å². The van der Waals surface area contributed by atoms with E-state index >= 15 is 0 Å². The summed E-state index contributed by atoms with van der Waals surface area (Å²) in [5.74, 6) is 1.61. The van der Waals surface area contributed by atoms with Crippen LogP contribution < -0.4 is 14.8 Å². The van der Waals surface area contributed by atoms with E-state index in [9.17, 15) is 0 Å². The van der Waals surface area contributed by atoms with E-state index in [2.05, 4.69) is 29.3 Å². The lowest BCUT2D eigenvalue weighted by atomic mass is 10.0. The minimum atomic E-state index is 0.460. The largest absolute Gasteiger partial charge is 0.493 e. The number of rotatable bonds is 5. The summed E-state index contributed by atoms with van der Waals surface area (Å²) in [4.78, 5) is 2.54. The molecule has 2 rings (SSSR count). The molecule has 1 N–H and O–H groups in total. The average molecular weight is 264 g/mol. The summed E-state index contributed by atoms with van der Waals surface area (Å²) < 4.78 is 10.7. The van der Waals surface area contributed by atoms with Crippen LogP contribution in [0.2, 0.25) is 0 Å². The lowest BCUT2D eigenvalue weighted by Gasteiger charge is -2.35. The van der Waals surface area contributed by atoms with Crippen molar-refractivity contribution in [3.8, 4) is 11.5 Å². The van der Waals surface area contributed by atoms with Crippen molar-refractivity contribution in [2.75, 3.05) is 40.4 Å². The molecule has 1 fully saturated rings. The van der Waals surface area contributed by atoms with E-state index < -0.39 is 0 Å². The van der Waals surface area contributed by atoms with Gasteiger partial charge in [0.2, 0.25) is 0 Å². The minimum Gasteiger partial charge on any atom is -0.493 e. The summed E-state index contributed by atoms with van der Waals surface area (Å²) in [7, 11) is 3.36. The predicted molar refractivity (Wildman–Crippen MR) is 77.0 cm³/mol. The first-order valence-corrected chi connectivity index (χ1v) is 6.96. The van der Waals surface area contributed by atoms with Gasteiger partial charge in [0, 0.05) is 32.2 Å².